The van der Waals surface area contributed by atoms with Crippen molar-refractivity contribution in [3.05, 3.63) is 89.7 Å². The number of anilines is 1. The largest absolute Gasteiger partial charge is 0.328 e. The third kappa shape index (κ3) is 5.28. The number of aryl methyl sites for hydroxylation is 3. The van der Waals surface area contributed by atoms with Crippen LogP contribution in [0.3, 0.4) is 0 Å². The minimum Gasteiger partial charge on any atom is -0.328 e. The van der Waals surface area contributed by atoms with Gasteiger partial charge in [-0.2, -0.15) is 0 Å². The fraction of sp³-hybridized carbons (Fsp3) is 0.296. The molecule has 1 aromatic heterocycles. The van der Waals surface area contributed by atoms with E-state index in [0.717, 1.165) is 47.4 Å². The van der Waals surface area contributed by atoms with Crippen molar-refractivity contribution >= 4 is 26.7 Å². The van der Waals surface area contributed by atoms with Crippen LogP contribution >= 0.6 is 0 Å². The molecule has 0 aliphatic carbocycles. The first-order valence-corrected chi connectivity index (χ1v) is 13.0. The predicted molar refractivity (Wildman–Crippen MR) is 135 cm³/mol. The van der Waals surface area contributed by atoms with Gasteiger partial charge < -0.3 is 4.57 Å². The van der Waals surface area contributed by atoms with Crippen molar-refractivity contribution in [1.82, 2.24) is 9.55 Å². The maximum Gasteiger partial charge on any atom is 0.261 e. The highest BCUT2D eigenvalue weighted by Gasteiger charge is 2.17. The molecule has 0 spiro atoms. The van der Waals surface area contributed by atoms with Gasteiger partial charge in [0.15, 0.2) is 0 Å². The Labute approximate surface area is 196 Å². The van der Waals surface area contributed by atoms with Crippen molar-refractivity contribution in [2.45, 2.75) is 51.5 Å². The van der Waals surface area contributed by atoms with Crippen LogP contribution in [0, 0.1) is 5.92 Å². The summed E-state index contributed by atoms with van der Waals surface area (Å²) in [5, 5.41) is 0. The molecular weight excluding hydrogens is 430 g/mol. The van der Waals surface area contributed by atoms with Gasteiger partial charge in [0.2, 0.25) is 0 Å². The lowest BCUT2D eigenvalue weighted by molar-refractivity contribution is 0.601. The van der Waals surface area contributed by atoms with E-state index in [-0.39, 0.29) is 4.90 Å². The summed E-state index contributed by atoms with van der Waals surface area (Å²) in [5.74, 6) is 1.54. The summed E-state index contributed by atoms with van der Waals surface area (Å²) >= 11 is 0. The molecule has 1 heterocycles. The second kappa shape index (κ2) is 9.79. The predicted octanol–water partition coefficient (Wildman–Crippen LogP) is 5.84. The highest BCUT2D eigenvalue weighted by Crippen LogP contribution is 2.23. The monoisotopic (exact) mass is 461 g/mol. The van der Waals surface area contributed by atoms with Crippen molar-refractivity contribution in [2.75, 3.05) is 4.72 Å². The van der Waals surface area contributed by atoms with Gasteiger partial charge in [-0.05, 0) is 67.1 Å². The lowest BCUT2D eigenvalue weighted by Gasteiger charge is -2.14. The van der Waals surface area contributed by atoms with E-state index in [2.05, 4.69) is 36.1 Å². The Morgan fingerprint density at radius 2 is 1.61 bits per heavy atom. The van der Waals surface area contributed by atoms with Crippen molar-refractivity contribution in [2.24, 2.45) is 5.92 Å². The van der Waals surface area contributed by atoms with E-state index in [1.807, 2.05) is 54.6 Å². The maximum absolute atomic E-state index is 13.1. The van der Waals surface area contributed by atoms with Crippen LogP contribution in [0.4, 0.5) is 5.69 Å². The van der Waals surface area contributed by atoms with Gasteiger partial charge in [0, 0.05) is 13.0 Å². The molecule has 0 fully saturated rings. The first-order chi connectivity index (χ1) is 15.9. The number of benzene rings is 3. The van der Waals surface area contributed by atoms with Crippen LogP contribution < -0.4 is 4.72 Å². The molecule has 0 bridgehead atoms. The van der Waals surface area contributed by atoms with E-state index in [1.54, 1.807) is 12.1 Å². The summed E-state index contributed by atoms with van der Waals surface area (Å²) in [5.41, 5.74) is 4.83. The van der Waals surface area contributed by atoms with E-state index in [1.165, 1.54) is 0 Å². The molecule has 1 N–H and O–H groups in total. The Morgan fingerprint density at radius 3 is 2.33 bits per heavy atom. The van der Waals surface area contributed by atoms with Gasteiger partial charge in [-0.25, -0.2) is 13.4 Å². The van der Waals surface area contributed by atoms with Gasteiger partial charge in [-0.1, -0.05) is 56.3 Å². The van der Waals surface area contributed by atoms with Crippen molar-refractivity contribution in [3.63, 3.8) is 0 Å². The molecule has 0 aliphatic rings. The molecule has 5 nitrogen and oxygen atoms in total. The van der Waals surface area contributed by atoms with Crippen LogP contribution in [0.1, 0.15) is 37.7 Å². The maximum atomic E-state index is 13.1. The topological polar surface area (TPSA) is 64.0 Å². The average Bonchev–Trinajstić information content (AvgIpc) is 3.15. The lowest BCUT2D eigenvalue weighted by atomic mass is 10.0. The number of hydrogen-bond acceptors (Lipinski definition) is 3. The van der Waals surface area contributed by atoms with Crippen LogP contribution in [0.15, 0.2) is 77.7 Å². The number of aromatic nitrogens is 2. The highest BCUT2D eigenvalue weighted by molar-refractivity contribution is 7.92. The van der Waals surface area contributed by atoms with E-state index in [0.29, 0.717) is 18.0 Å². The van der Waals surface area contributed by atoms with Crippen LogP contribution in [0.2, 0.25) is 0 Å². The second-order valence-corrected chi connectivity index (χ2v) is 10.4. The Kier molecular flexibility index (Phi) is 6.84. The second-order valence-electron chi connectivity index (χ2n) is 8.77. The van der Waals surface area contributed by atoms with Gasteiger partial charge in [0.25, 0.3) is 10.0 Å². The molecule has 0 radical (unpaired) electrons. The number of imidazole rings is 1. The Morgan fingerprint density at radius 1 is 0.909 bits per heavy atom. The van der Waals surface area contributed by atoms with Gasteiger partial charge >= 0.3 is 0 Å². The molecule has 3 aromatic carbocycles. The zero-order valence-corrected chi connectivity index (χ0v) is 20.3. The van der Waals surface area contributed by atoms with E-state index < -0.39 is 10.0 Å². The molecule has 0 atom stereocenters. The van der Waals surface area contributed by atoms with Crippen molar-refractivity contribution in [1.29, 1.82) is 0 Å². The zero-order valence-electron chi connectivity index (χ0n) is 19.5. The standard InChI is InChI=1S/C27H31N3O2S/c1-4-30-26-12-8-7-11-25(26)28-27(30)18-15-22-9-5-6-10-24(22)29-33(31,32)23-16-13-21(14-17-23)19-20(2)3/h5-14,16-17,20,29H,4,15,18-19H2,1-3H3. The molecule has 0 aliphatic heterocycles. The lowest BCUT2D eigenvalue weighted by Crippen LogP contribution is -2.15. The van der Waals surface area contributed by atoms with E-state index in [4.69, 9.17) is 4.98 Å². The molecule has 4 aromatic rings. The number of rotatable bonds is 9. The van der Waals surface area contributed by atoms with E-state index >= 15 is 0 Å². The van der Waals surface area contributed by atoms with Crippen molar-refractivity contribution in [3.8, 4) is 0 Å². The Hall–Kier alpha value is -3.12. The number of nitrogens with one attached hydrogen (secondary N) is 1. The molecular formula is C27H31N3O2S. The summed E-state index contributed by atoms with van der Waals surface area (Å²) in [6, 6.07) is 22.9. The molecule has 4 rings (SSSR count). The summed E-state index contributed by atoms with van der Waals surface area (Å²) in [6.45, 7) is 7.26. The SMILES string of the molecule is CCn1c(CCc2ccccc2NS(=O)(=O)c2ccc(CC(C)C)cc2)nc2ccccc21. The molecule has 0 amide bonds. The van der Waals surface area contributed by atoms with Gasteiger partial charge in [0.05, 0.1) is 21.6 Å². The van der Waals surface area contributed by atoms with Gasteiger partial charge in [-0.3, -0.25) is 4.72 Å². The molecule has 0 unspecified atom stereocenters. The summed E-state index contributed by atoms with van der Waals surface area (Å²) in [6.07, 6.45) is 2.35. The minimum atomic E-state index is -3.67. The fourth-order valence-corrected chi connectivity index (χ4v) is 5.33. The van der Waals surface area contributed by atoms with Crippen LogP contribution in [-0.4, -0.2) is 18.0 Å². The Balaban J connectivity index is 1.53. The third-order valence-corrected chi connectivity index (χ3v) is 7.19. The first kappa shape index (κ1) is 23.1. The van der Waals surface area contributed by atoms with Crippen molar-refractivity contribution < 1.29 is 8.42 Å². The number of sulfonamides is 1. The molecule has 172 valence electrons. The number of para-hydroxylation sites is 3. The first-order valence-electron chi connectivity index (χ1n) is 11.5. The van der Waals surface area contributed by atoms with Crippen LogP contribution in [0.25, 0.3) is 11.0 Å². The number of fused-ring (bicyclic) bond motifs is 1. The molecule has 0 saturated carbocycles. The number of nitrogens with zero attached hydrogens (tertiary/aromatic N) is 2. The summed E-state index contributed by atoms with van der Waals surface area (Å²) in [7, 11) is -3.67. The fourth-order valence-electron chi connectivity index (χ4n) is 4.23. The van der Waals surface area contributed by atoms with E-state index in [9.17, 15) is 8.42 Å². The molecule has 33 heavy (non-hydrogen) atoms. The zero-order chi connectivity index (χ0) is 23.4. The number of hydrogen-bond donors (Lipinski definition) is 1. The van der Waals surface area contributed by atoms with Gasteiger partial charge in [-0.15, -0.1) is 0 Å². The molecule has 6 heteroatoms. The quantitative estimate of drug-likeness (QED) is 0.340. The smallest absolute Gasteiger partial charge is 0.261 e. The normalized spacial score (nSPS) is 11.9. The minimum absolute atomic E-state index is 0.276. The molecule has 0 saturated heterocycles. The third-order valence-electron chi connectivity index (χ3n) is 5.81. The van der Waals surface area contributed by atoms with Crippen LogP contribution in [0.5, 0.6) is 0 Å². The average molecular weight is 462 g/mol. The van der Waals surface area contributed by atoms with Crippen LogP contribution in [-0.2, 0) is 35.8 Å². The van der Waals surface area contributed by atoms with Gasteiger partial charge in [0.1, 0.15) is 5.82 Å². The summed E-state index contributed by atoms with van der Waals surface area (Å²) in [4.78, 5) is 5.08. The Bertz CT molecular complexity index is 1340. The summed E-state index contributed by atoms with van der Waals surface area (Å²) < 4.78 is 31.1. The highest BCUT2D eigenvalue weighted by atomic mass is 32.2.